The third kappa shape index (κ3) is 3.59. The number of benzene rings is 2. The normalized spacial score (nSPS) is 10.9. The molecular weight excluding hydrogens is 320 g/mol. The van der Waals surface area contributed by atoms with Gasteiger partial charge in [-0.25, -0.2) is 0 Å². The lowest BCUT2D eigenvalue weighted by atomic mass is 10.0. The molecule has 23 heavy (non-hydrogen) atoms. The molecule has 116 valence electrons. The molecule has 2 rings (SSSR count). The summed E-state index contributed by atoms with van der Waals surface area (Å²) in [6.45, 7) is 0. The first-order chi connectivity index (χ1) is 11.0. The molecule has 7 heteroatoms. The molecule has 0 fully saturated rings. The molecule has 1 N–H and O–H groups in total. The van der Waals surface area contributed by atoms with Crippen molar-refractivity contribution in [2.75, 3.05) is 7.11 Å². The van der Waals surface area contributed by atoms with Gasteiger partial charge in [0.1, 0.15) is 0 Å². The van der Waals surface area contributed by atoms with E-state index in [1.165, 1.54) is 49.6 Å². The van der Waals surface area contributed by atoms with Crippen LogP contribution in [-0.2, 0) is 0 Å². The third-order valence-corrected chi connectivity index (χ3v) is 3.32. The highest BCUT2D eigenvalue weighted by molar-refractivity contribution is 6.31. The van der Waals surface area contributed by atoms with Gasteiger partial charge in [-0.15, -0.1) is 0 Å². The van der Waals surface area contributed by atoms with Gasteiger partial charge in [-0.05, 0) is 29.8 Å². The summed E-state index contributed by atoms with van der Waals surface area (Å²) in [5, 5.41) is 30.4. The summed E-state index contributed by atoms with van der Waals surface area (Å²) < 4.78 is 5.01. The Balaban J connectivity index is 2.49. The summed E-state index contributed by atoms with van der Waals surface area (Å²) in [7, 11) is 1.39. The second-order valence-electron chi connectivity index (χ2n) is 4.52. The van der Waals surface area contributed by atoms with Crippen LogP contribution in [0.4, 0.5) is 5.69 Å². The molecule has 2 aromatic carbocycles. The van der Waals surface area contributed by atoms with E-state index >= 15 is 0 Å². The largest absolute Gasteiger partial charge is 0.504 e. The van der Waals surface area contributed by atoms with Crippen LogP contribution in [0, 0.1) is 21.4 Å². The number of allylic oxidation sites excluding steroid dienone is 1. The molecule has 0 amide bonds. The standard InChI is InChI=1S/C16H11ClN2O4/c1-23-15-8-13(17)7-11(16(15)20)6-12(9-18)10-2-4-14(5-3-10)19(21)22/h2-8,20H,1H3/b12-6-. The van der Waals surface area contributed by atoms with Gasteiger partial charge in [0.25, 0.3) is 5.69 Å². The van der Waals surface area contributed by atoms with E-state index in [9.17, 15) is 20.5 Å². The van der Waals surface area contributed by atoms with E-state index in [-0.39, 0.29) is 22.8 Å². The van der Waals surface area contributed by atoms with E-state index in [0.717, 1.165) is 0 Å². The number of rotatable bonds is 4. The highest BCUT2D eigenvalue weighted by Crippen LogP contribution is 2.35. The Bertz CT molecular complexity index is 823. The molecule has 0 heterocycles. The lowest BCUT2D eigenvalue weighted by Crippen LogP contribution is -1.89. The van der Waals surface area contributed by atoms with E-state index in [1.807, 2.05) is 6.07 Å². The van der Waals surface area contributed by atoms with Crippen LogP contribution in [0.2, 0.25) is 5.02 Å². The van der Waals surface area contributed by atoms with Gasteiger partial charge in [0, 0.05) is 28.8 Å². The first-order valence-corrected chi connectivity index (χ1v) is 6.77. The molecule has 6 nitrogen and oxygen atoms in total. The van der Waals surface area contributed by atoms with Crippen LogP contribution in [0.5, 0.6) is 11.5 Å². The van der Waals surface area contributed by atoms with Gasteiger partial charge in [0.2, 0.25) is 0 Å². The summed E-state index contributed by atoms with van der Waals surface area (Å²) in [5.41, 5.74) is 0.943. The fourth-order valence-corrected chi connectivity index (χ4v) is 2.18. The van der Waals surface area contributed by atoms with Gasteiger partial charge in [-0.3, -0.25) is 10.1 Å². The fourth-order valence-electron chi connectivity index (χ4n) is 1.96. The van der Waals surface area contributed by atoms with Gasteiger partial charge >= 0.3 is 0 Å². The van der Waals surface area contributed by atoms with Crippen LogP contribution in [0.3, 0.4) is 0 Å². The molecule has 2 aromatic rings. The molecule has 0 aliphatic rings. The molecule has 0 aliphatic carbocycles. The van der Waals surface area contributed by atoms with Gasteiger partial charge in [0.05, 0.1) is 23.7 Å². The van der Waals surface area contributed by atoms with Gasteiger partial charge in [-0.1, -0.05) is 11.6 Å². The lowest BCUT2D eigenvalue weighted by Gasteiger charge is -2.08. The summed E-state index contributed by atoms with van der Waals surface area (Å²) in [6, 6.07) is 10.5. The highest BCUT2D eigenvalue weighted by atomic mass is 35.5. The first-order valence-electron chi connectivity index (χ1n) is 6.39. The van der Waals surface area contributed by atoms with E-state index in [4.69, 9.17) is 16.3 Å². The molecule has 0 saturated carbocycles. The van der Waals surface area contributed by atoms with E-state index < -0.39 is 4.92 Å². The Morgan fingerprint density at radius 2 is 2.04 bits per heavy atom. The smallest absolute Gasteiger partial charge is 0.269 e. The summed E-state index contributed by atoms with van der Waals surface area (Å²) in [5.74, 6) is 0.0382. The van der Waals surface area contributed by atoms with Crippen molar-refractivity contribution in [3.63, 3.8) is 0 Å². The van der Waals surface area contributed by atoms with Gasteiger partial charge in [0.15, 0.2) is 11.5 Å². The SMILES string of the molecule is COc1cc(Cl)cc(/C=C(/C#N)c2ccc([N+](=O)[O-])cc2)c1O. The molecule has 0 aromatic heterocycles. The Kier molecular flexibility index (Phi) is 4.84. The number of nitro groups is 1. The first kappa shape index (κ1) is 16.3. The number of nitrogens with zero attached hydrogens (tertiary/aromatic N) is 2. The predicted molar refractivity (Wildman–Crippen MR) is 86.2 cm³/mol. The molecule has 0 atom stereocenters. The van der Waals surface area contributed by atoms with Crippen molar-refractivity contribution < 1.29 is 14.8 Å². The Morgan fingerprint density at radius 3 is 2.57 bits per heavy atom. The topological polar surface area (TPSA) is 96.4 Å². The van der Waals surface area contributed by atoms with Crippen LogP contribution in [-0.4, -0.2) is 17.1 Å². The number of hydrogen-bond donors (Lipinski definition) is 1. The Hall–Kier alpha value is -3.04. The quantitative estimate of drug-likeness (QED) is 0.395. The van der Waals surface area contributed by atoms with E-state index in [1.54, 1.807) is 0 Å². The molecule has 0 aliphatic heterocycles. The van der Waals surface area contributed by atoms with Crippen LogP contribution in [0.1, 0.15) is 11.1 Å². The van der Waals surface area contributed by atoms with Crippen molar-refractivity contribution in [1.82, 2.24) is 0 Å². The number of phenolic OH excluding ortho intramolecular Hbond substituents is 1. The summed E-state index contributed by atoms with van der Waals surface area (Å²) in [4.78, 5) is 10.1. The number of non-ortho nitro benzene ring substituents is 1. The maximum atomic E-state index is 10.7. The van der Waals surface area contributed by atoms with Crippen molar-refractivity contribution in [3.8, 4) is 17.6 Å². The second kappa shape index (κ2) is 6.81. The number of ether oxygens (including phenoxy) is 1. The number of nitro benzene ring substituents is 1. The maximum Gasteiger partial charge on any atom is 0.269 e. The van der Waals surface area contributed by atoms with Crippen molar-refractivity contribution in [1.29, 1.82) is 5.26 Å². The minimum absolute atomic E-state index is 0.0710. The van der Waals surface area contributed by atoms with Crippen molar-refractivity contribution in [2.24, 2.45) is 0 Å². The average Bonchev–Trinajstić information content (AvgIpc) is 2.55. The Labute approximate surface area is 137 Å². The monoisotopic (exact) mass is 330 g/mol. The number of phenols is 1. The predicted octanol–water partition coefficient (Wildman–Crippen LogP) is 4.03. The van der Waals surface area contributed by atoms with Crippen molar-refractivity contribution in [3.05, 3.63) is 62.7 Å². The second-order valence-corrected chi connectivity index (χ2v) is 4.96. The van der Waals surface area contributed by atoms with E-state index in [0.29, 0.717) is 16.1 Å². The summed E-state index contributed by atoms with van der Waals surface area (Å²) >= 11 is 5.95. The zero-order valence-electron chi connectivity index (χ0n) is 12.0. The minimum Gasteiger partial charge on any atom is -0.504 e. The lowest BCUT2D eigenvalue weighted by molar-refractivity contribution is -0.384. The molecule has 0 spiro atoms. The van der Waals surface area contributed by atoms with Gasteiger partial charge < -0.3 is 9.84 Å². The number of halogens is 1. The number of nitriles is 1. The van der Waals surface area contributed by atoms with Crippen LogP contribution in [0.15, 0.2) is 36.4 Å². The molecular formula is C16H11ClN2O4. The highest BCUT2D eigenvalue weighted by Gasteiger charge is 2.11. The van der Waals surface area contributed by atoms with Crippen LogP contribution < -0.4 is 4.74 Å². The minimum atomic E-state index is -0.521. The number of hydrogen-bond acceptors (Lipinski definition) is 5. The van der Waals surface area contributed by atoms with Crippen LogP contribution >= 0.6 is 11.6 Å². The average molecular weight is 331 g/mol. The van der Waals surface area contributed by atoms with Crippen molar-refractivity contribution >= 4 is 28.9 Å². The molecule has 0 bridgehead atoms. The maximum absolute atomic E-state index is 10.7. The fraction of sp³-hybridized carbons (Fsp3) is 0.0625. The summed E-state index contributed by atoms with van der Waals surface area (Å²) in [6.07, 6.45) is 1.44. The third-order valence-electron chi connectivity index (χ3n) is 3.10. The zero-order chi connectivity index (χ0) is 17.0. The molecule has 0 radical (unpaired) electrons. The molecule has 0 unspecified atom stereocenters. The zero-order valence-corrected chi connectivity index (χ0v) is 12.7. The van der Waals surface area contributed by atoms with Crippen molar-refractivity contribution in [2.45, 2.75) is 0 Å². The number of aromatic hydroxyl groups is 1. The van der Waals surface area contributed by atoms with Crippen LogP contribution in [0.25, 0.3) is 11.6 Å². The Morgan fingerprint density at radius 1 is 1.39 bits per heavy atom. The van der Waals surface area contributed by atoms with Gasteiger partial charge in [-0.2, -0.15) is 5.26 Å². The molecule has 0 saturated heterocycles. The number of methoxy groups -OCH3 is 1. The van der Waals surface area contributed by atoms with E-state index in [2.05, 4.69) is 0 Å².